The molecule has 0 aliphatic carbocycles. The number of nitrogens with one attached hydrogen (secondary N) is 1. The van der Waals surface area contributed by atoms with Crippen molar-refractivity contribution in [1.82, 2.24) is 15.3 Å². The van der Waals surface area contributed by atoms with Crippen molar-refractivity contribution in [3.63, 3.8) is 0 Å². The van der Waals surface area contributed by atoms with E-state index in [2.05, 4.69) is 54.9 Å². The minimum Gasteiger partial charge on any atom is -0.376 e. The number of likely N-dealkylation sites (N-methyl/N-ethyl adjacent to an activating group) is 1. The molecule has 1 aliphatic heterocycles. The van der Waals surface area contributed by atoms with Gasteiger partial charge in [0, 0.05) is 25.7 Å². The molecule has 1 fully saturated rings. The van der Waals surface area contributed by atoms with Crippen LogP contribution in [0.15, 0.2) is 12.4 Å². The normalized spacial score (nSPS) is 23.1. The van der Waals surface area contributed by atoms with Gasteiger partial charge in [-0.2, -0.15) is 0 Å². The Kier molecular flexibility index (Phi) is 4.60. The second-order valence-corrected chi connectivity index (χ2v) is 6.51. The lowest BCUT2D eigenvalue weighted by Gasteiger charge is -2.27. The first-order chi connectivity index (χ1) is 9.37. The average molecular weight is 278 g/mol. The number of hydrogen-bond donors (Lipinski definition) is 1. The molecular formula is C15H26N4O. The van der Waals surface area contributed by atoms with E-state index < -0.39 is 0 Å². The Morgan fingerprint density at radius 3 is 2.60 bits per heavy atom. The number of hydrogen-bond acceptors (Lipinski definition) is 5. The van der Waals surface area contributed by atoms with Crippen LogP contribution in [0.25, 0.3) is 0 Å². The van der Waals surface area contributed by atoms with Gasteiger partial charge in [0.2, 0.25) is 0 Å². The van der Waals surface area contributed by atoms with E-state index in [9.17, 15) is 0 Å². The van der Waals surface area contributed by atoms with Crippen LogP contribution >= 0.6 is 0 Å². The molecular weight excluding hydrogens is 252 g/mol. The monoisotopic (exact) mass is 278 g/mol. The molecule has 20 heavy (non-hydrogen) atoms. The van der Waals surface area contributed by atoms with Crippen LogP contribution in [0.4, 0.5) is 5.82 Å². The van der Waals surface area contributed by atoms with E-state index in [1.54, 1.807) is 0 Å². The molecule has 0 spiro atoms. The maximum atomic E-state index is 5.61. The van der Waals surface area contributed by atoms with E-state index in [0.717, 1.165) is 31.1 Å². The Morgan fingerprint density at radius 1 is 1.35 bits per heavy atom. The van der Waals surface area contributed by atoms with Gasteiger partial charge in [0.1, 0.15) is 5.82 Å². The van der Waals surface area contributed by atoms with Gasteiger partial charge in [-0.1, -0.05) is 0 Å². The first-order valence-electron chi connectivity index (χ1n) is 7.27. The number of rotatable bonds is 4. The highest BCUT2D eigenvalue weighted by Crippen LogP contribution is 2.22. The first-order valence-corrected chi connectivity index (χ1v) is 7.27. The zero-order chi connectivity index (χ0) is 14.8. The van der Waals surface area contributed by atoms with Gasteiger partial charge in [-0.25, -0.2) is 4.98 Å². The maximum Gasteiger partial charge on any atom is 0.147 e. The quantitative estimate of drug-likeness (QED) is 0.912. The van der Waals surface area contributed by atoms with Crippen molar-refractivity contribution in [2.24, 2.45) is 0 Å². The van der Waals surface area contributed by atoms with Crippen molar-refractivity contribution in [2.75, 3.05) is 18.6 Å². The highest BCUT2D eigenvalue weighted by molar-refractivity contribution is 5.36. The van der Waals surface area contributed by atoms with Crippen molar-refractivity contribution < 1.29 is 4.74 Å². The van der Waals surface area contributed by atoms with Gasteiger partial charge in [0.15, 0.2) is 0 Å². The summed E-state index contributed by atoms with van der Waals surface area (Å²) in [5, 5.41) is 3.41. The largest absolute Gasteiger partial charge is 0.376 e. The van der Waals surface area contributed by atoms with Crippen molar-refractivity contribution >= 4 is 5.82 Å². The number of ether oxygens (including phenoxy) is 1. The summed E-state index contributed by atoms with van der Waals surface area (Å²) in [4.78, 5) is 11.2. The first kappa shape index (κ1) is 15.2. The molecule has 2 heterocycles. The Labute approximate surface area is 121 Å². The molecule has 5 nitrogen and oxygen atoms in total. The summed E-state index contributed by atoms with van der Waals surface area (Å²) in [6.45, 7) is 10.1. The van der Waals surface area contributed by atoms with Crippen LogP contribution in [0.1, 0.15) is 39.8 Å². The predicted octanol–water partition coefficient (Wildman–Crippen LogP) is 1.98. The van der Waals surface area contributed by atoms with Crippen molar-refractivity contribution in [3.05, 3.63) is 18.1 Å². The molecule has 0 radical (unpaired) electrons. The van der Waals surface area contributed by atoms with E-state index in [1.165, 1.54) is 0 Å². The van der Waals surface area contributed by atoms with Crippen LogP contribution in [0.3, 0.4) is 0 Å². The fourth-order valence-electron chi connectivity index (χ4n) is 2.38. The summed E-state index contributed by atoms with van der Waals surface area (Å²) in [6.07, 6.45) is 5.01. The second kappa shape index (κ2) is 6.06. The summed E-state index contributed by atoms with van der Waals surface area (Å²) >= 11 is 0. The topological polar surface area (TPSA) is 50.3 Å². The molecule has 5 heteroatoms. The summed E-state index contributed by atoms with van der Waals surface area (Å²) in [5.41, 5.74) is 1.06. The van der Waals surface area contributed by atoms with E-state index in [0.29, 0.717) is 6.04 Å². The Morgan fingerprint density at radius 2 is 2.10 bits per heavy atom. The highest BCUT2D eigenvalue weighted by Gasteiger charge is 2.28. The van der Waals surface area contributed by atoms with Gasteiger partial charge in [-0.3, -0.25) is 4.98 Å². The maximum absolute atomic E-state index is 5.61. The molecule has 0 bridgehead atoms. The lowest BCUT2D eigenvalue weighted by molar-refractivity contribution is 0.118. The van der Waals surface area contributed by atoms with E-state index in [4.69, 9.17) is 4.74 Å². The molecule has 0 amide bonds. The molecule has 1 aliphatic rings. The van der Waals surface area contributed by atoms with E-state index in [-0.39, 0.29) is 11.6 Å². The van der Waals surface area contributed by atoms with Crippen LogP contribution in [-0.2, 0) is 11.3 Å². The molecule has 1 aromatic rings. The standard InChI is InChI=1S/C15H26N4O/c1-11-13(6-7-20-11)19(5)14-10-16-12(8-17-14)9-18-15(2,3)4/h8,10-11,13,18H,6-7,9H2,1-5H3. The van der Waals surface area contributed by atoms with Crippen LogP contribution in [0, 0.1) is 0 Å². The summed E-state index contributed by atoms with van der Waals surface area (Å²) in [6, 6.07) is 0.392. The minimum atomic E-state index is 0.0910. The smallest absolute Gasteiger partial charge is 0.147 e. The Balaban J connectivity index is 1.97. The summed E-state index contributed by atoms with van der Waals surface area (Å²) < 4.78 is 5.61. The van der Waals surface area contributed by atoms with Gasteiger partial charge >= 0.3 is 0 Å². The predicted molar refractivity (Wildman–Crippen MR) is 80.8 cm³/mol. The van der Waals surface area contributed by atoms with Gasteiger partial charge in [0.05, 0.1) is 30.2 Å². The van der Waals surface area contributed by atoms with Crippen molar-refractivity contribution in [1.29, 1.82) is 0 Å². The Hall–Kier alpha value is -1.20. The van der Waals surface area contributed by atoms with Crippen LogP contribution < -0.4 is 10.2 Å². The van der Waals surface area contributed by atoms with Crippen molar-refractivity contribution in [2.45, 2.75) is 58.3 Å². The molecule has 1 aromatic heterocycles. The van der Waals surface area contributed by atoms with Crippen LogP contribution in [0.5, 0.6) is 0 Å². The summed E-state index contributed by atoms with van der Waals surface area (Å²) in [5.74, 6) is 0.909. The van der Waals surface area contributed by atoms with Gasteiger partial charge in [0.25, 0.3) is 0 Å². The third-order valence-corrected chi connectivity index (χ3v) is 3.69. The van der Waals surface area contributed by atoms with E-state index >= 15 is 0 Å². The lowest BCUT2D eigenvalue weighted by atomic mass is 10.1. The number of aromatic nitrogens is 2. The molecule has 1 N–H and O–H groups in total. The van der Waals surface area contributed by atoms with Crippen LogP contribution in [0.2, 0.25) is 0 Å². The molecule has 2 rings (SSSR count). The third kappa shape index (κ3) is 3.90. The number of nitrogens with zero attached hydrogens (tertiary/aromatic N) is 3. The third-order valence-electron chi connectivity index (χ3n) is 3.69. The fourth-order valence-corrected chi connectivity index (χ4v) is 2.38. The summed E-state index contributed by atoms with van der Waals surface area (Å²) in [7, 11) is 2.06. The molecule has 112 valence electrons. The average Bonchev–Trinajstić information content (AvgIpc) is 2.81. The molecule has 2 atom stereocenters. The van der Waals surface area contributed by atoms with E-state index in [1.807, 2.05) is 12.4 Å². The number of anilines is 1. The van der Waals surface area contributed by atoms with Gasteiger partial charge < -0.3 is 15.0 Å². The molecule has 1 saturated heterocycles. The molecule has 2 unspecified atom stereocenters. The van der Waals surface area contributed by atoms with Crippen LogP contribution in [-0.4, -0.2) is 41.3 Å². The highest BCUT2D eigenvalue weighted by atomic mass is 16.5. The Bertz CT molecular complexity index is 426. The molecule has 0 aromatic carbocycles. The minimum absolute atomic E-state index is 0.0910. The molecule has 0 saturated carbocycles. The zero-order valence-electron chi connectivity index (χ0n) is 13.2. The SMILES string of the molecule is CC1OCCC1N(C)c1cnc(CNC(C)(C)C)cn1. The van der Waals surface area contributed by atoms with Crippen molar-refractivity contribution in [3.8, 4) is 0 Å². The lowest BCUT2D eigenvalue weighted by Crippen LogP contribution is -2.37. The zero-order valence-corrected chi connectivity index (χ0v) is 13.2. The van der Waals surface area contributed by atoms with Gasteiger partial charge in [-0.05, 0) is 34.1 Å². The second-order valence-electron chi connectivity index (χ2n) is 6.51. The van der Waals surface area contributed by atoms with Gasteiger partial charge in [-0.15, -0.1) is 0 Å². The fraction of sp³-hybridized carbons (Fsp3) is 0.733.